The zero-order valence-electron chi connectivity index (χ0n) is 18.4. The van der Waals surface area contributed by atoms with Gasteiger partial charge in [-0.25, -0.2) is 0 Å². The second-order valence-electron chi connectivity index (χ2n) is 8.74. The Morgan fingerprint density at radius 2 is 1.31 bits per heavy atom. The third kappa shape index (κ3) is 4.70. The van der Waals surface area contributed by atoms with E-state index in [4.69, 9.17) is 4.98 Å². The largest absolute Gasteiger partial charge is 0.266 e. The molecule has 1 aromatic heterocycles. The molecule has 2 aromatic carbocycles. The van der Waals surface area contributed by atoms with Crippen molar-refractivity contribution in [2.45, 2.75) is 64.5 Å². The summed E-state index contributed by atoms with van der Waals surface area (Å²) in [5, 5.41) is 2.94. The number of unbranched alkanes of at least 4 members (excludes halogenated alkanes) is 1. The molecule has 3 aromatic rings. The van der Waals surface area contributed by atoms with Crippen LogP contribution in [0.5, 0.6) is 0 Å². The van der Waals surface area contributed by atoms with Gasteiger partial charge in [0.05, 0.1) is 0 Å². The smallest absolute Gasteiger partial charge is 0.146 e. The SMILES string of the molecule is CC(C)[Si](c1ccccn1)(c1ccccc1CCCCc1ccccc1)C(C)C. The predicted molar refractivity (Wildman–Crippen MR) is 129 cm³/mol. The lowest BCUT2D eigenvalue weighted by Crippen LogP contribution is -2.64. The van der Waals surface area contributed by atoms with Crippen LogP contribution in [-0.4, -0.2) is 13.1 Å². The van der Waals surface area contributed by atoms with E-state index in [0.717, 1.165) is 6.42 Å². The van der Waals surface area contributed by atoms with Gasteiger partial charge in [-0.2, -0.15) is 0 Å². The van der Waals surface area contributed by atoms with E-state index in [1.807, 2.05) is 12.3 Å². The fourth-order valence-electron chi connectivity index (χ4n) is 5.06. The van der Waals surface area contributed by atoms with Crippen molar-refractivity contribution in [2.75, 3.05) is 0 Å². The summed E-state index contributed by atoms with van der Waals surface area (Å²) in [7, 11) is -1.98. The third-order valence-corrected chi connectivity index (χ3v) is 12.5. The van der Waals surface area contributed by atoms with E-state index in [1.165, 1.54) is 30.1 Å². The summed E-state index contributed by atoms with van der Waals surface area (Å²) >= 11 is 0. The average Bonchev–Trinajstić information content (AvgIpc) is 2.74. The molecule has 3 rings (SSSR count). The van der Waals surface area contributed by atoms with Crippen molar-refractivity contribution in [3.63, 3.8) is 0 Å². The van der Waals surface area contributed by atoms with E-state index >= 15 is 0 Å². The van der Waals surface area contributed by atoms with Crippen molar-refractivity contribution in [3.8, 4) is 0 Å². The molecule has 0 saturated carbocycles. The topological polar surface area (TPSA) is 12.9 Å². The molecule has 0 aliphatic heterocycles. The van der Waals surface area contributed by atoms with Crippen LogP contribution in [0.3, 0.4) is 0 Å². The molecule has 0 bridgehead atoms. The summed E-state index contributed by atoms with van der Waals surface area (Å²) in [6.07, 6.45) is 6.77. The number of nitrogens with zero attached hydrogens (tertiary/aromatic N) is 1. The minimum absolute atomic E-state index is 0.600. The molecule has 0 spiro atoms. The zero-order chi connectivity index (χ0) is 20.7. The molecule has 0 radical (unpaired) electrons. The Balaban J connectivity index is 1.88. The Morgan fingerprint density at radius 1 is 0.690 bits per heavy atom. The number of aromatic nitrogens is 1. The first-order valence-electron chi connectivity index (χ1n) is 11.1. The second kappa shape index (κ2) is 10.0. The molecule has 0 aliphatic rings. The van der Waals surface area contributed by atoms with Gasteiger partial charge >= 0.3 is 0 Å². The zero-order valence-corrected chi connectivity index (χ0v) is 19.4. The van der Waals surface area contributed by atoms with Gasteiger partial charge in [-0.05, 0) is 65.2 Å². The average molecular weight is 402 g/mol. The molecule has 2 heteroatoms. The molecule has 29 heavy (non-hydrogen) atoms. The summed E-state index contributed by atoms with van der Waals surface area (Å²) < 4.78 is 0. The van der Waals surface area contributed by atoms with Crippen LogP contribution in [0, 0.1) is 0 Å². The van der Waals surface area contributed by atoms with E-state index in [9.17, 15) is 0 Å². The van der Waals surface area contributed by atoms with Crippen molar-refractivity contribution < 1.29 is 0 Å². The van der Waals surface area contributed by atoms with E-state index in [1.54, 1.807) is 10.8 Å². The normalized spacial score (nSPS) is 11.9. The van der Waals surface area contributed by atoms with Crippen LogP contribution < -0.4 is 10.5 Å². The van der Waals surface area contributed by atoms with Crippen LogP contribution in [0.25, 0.3) is 0 Å². The first-order valence-corrected chi connectivity index (χ1v) is 13.3. The molecule has 1 heterocycles. The molecule has 0 amide bonds. The monoisotopic (exact) mass is 401 g/mol. The molecule has 0 saturated heterocycles. The van der Waals surface area contributed by atoms with E-state index in [2.05, 4.69) is 94.4 Å². The van der Waals surface area contributed by atoms with Crippen molar-refractivity contribution in [2.24, 2.45) is 0 Å². The van der Waals surface area contributed by atoms with Crippen molar-refractivity contribution >= 4 is 18.6 Å². The summed E-state index contributed by atoms with van der Waals surface area (Å²) in [5.41, 5.74) is 4.19. The Labute approximate surface area is 178 Å². The highest BCUT2D eigenvalue weighted by molar-refractivity contribution is 7.03. The highest BCUT2D eigenvalue weighted by Crippen LogP contribution is 2.32. The number of aryl methyl sites for hydroxylation is 2. The van der Waals surface area contributed by atoms with Crippen molar-refractivity contribution in [1.82, 2.24) is 4.98 Å². The number of hydrogen-bond acceptors (Lipinski definition) is 1. The van der Waals surface area contributed by atoms with Gasteiger partial charge in [0.25, 0.3) is 0 Å². The first-order chi connectivity index (χ1) is 14.1. The summed E-state index contributed by atoms with van der Waals surface area (Å²) in [4.78, 5) is 4.91. The van der Waals surface area contributed by atoms with Gasteiger partial charge in [0, 0.05) is 11.5 Å². The van der Waals surface area contributed by atoms with Gasteiger partial charge in [0.1, 0.15) is 8.07 Å². The van der Waals surface area contributed by atoms with Gasteiger partial charge in [-0.3, -0.25) is 4.98 Å². The predicted octanol–water partition coefficient (Wildman–Crippen LogP) is 6.03. The Bertz CT molecular complexity index is 863. The van der Waals surface area contributed by atoms with E-state index < -0.39 is 8.07 Å². The maximum Gasteiger partial charge on any atom is 0.146 e. The van der Waals surface area contributed by atoms with Gasteiger partial charge in [-0.15, -0.1) is 0 Å². The number of benzene rings is 2. The van der Waals surface area contributed by atoms with Crippen molar-refractivity contribution in [3.05, 3.63) is 90.1 Å². The molecular formula is C27H35NSi. The molecule has 0 aliphatic carbocycles. The highest BCUT2D eigenvalue weighted by Gasteiger charge is 2.45. The quantitative estimate of drug-likeness (QED) is 0.315. The van der Waals surface area contributed by atoms with E-state index in [0.29, 0.717) is 11.1 Å². The number of hydrogen-bond donors (Lipinski definition) is 0. The molecule has 0 fully saturated rings. The molecule has 1 nitrogen and oxygen atoms in total. The number of rotatable bonds is 9. The molecule has 0 unspecified atom stereocenters. The molecule has 152 valence electrons. The summed E-state index contributed by atoms with van der Waals surface area (Å²) in [5.74, 6) is 0. The van der Waals surface area contributed by atoms with Crippen LogP contribution in [0.15, 0.2) is 79.0 Å². The molecule has 0 atom stereocenters. The van der Waals surface area contributed by atoms with Crippen molar-refractivity contribution in [1.29, 1.82) is 0 Å². The van der Waals surface area contributed by atoms with Crippen LogP contribution in [0.1, 0.15) is 51.7 Å². The van der Waals surface area contributed by atoms with Gasteiger partial charge < -0.3 is 0 Å². The minimum atomic E-state index is -1.98. The first kappa shape index (κ1) is 21.5. The summed E-state index contributed by atoms with van der Waals surface area (Å²) in [6, 6.07) is 26.6. The maximum absolute atomic E-state index is 4.91. The molecule has 0 N–H and O–H groups in total. The maximum atomic E-state index is 4.91. The van der Waals surface area contributed by atoms with Gasteiger partial charge in [0.2, 0.25) is 0 Å². The highest BCUT2D eigenvalue weighted by atomic mass is 28.3. The van der Waals surface area contributed by atoms with Gasteiger partial charge in [0.15, 0.2) is 0 Å². The lowest BCUT2D eigenvalue weighted by atomic mass is 10.0. The fraction of sp³-hybridized carbons (Fsp3) is 0.370. The van der Waals surface area contributed by atoms with Gasteiger partial charge in [-0.1, -0.05) is 88.4 Å². The van der Waals surface area contributed by atoms with E-state index in [-0.39, 0.29) is 0 Å². The molecular weight excluding hydrogens is 366 g/mol. The Hall–Kier alpha value is -2.19. The Kier molecular flexibility index (Phi) is 7.44. The van der Waals surface area contributed by atoms with Crippen LogP contribution in [-0.2, 0) is 12.8 Å². The lowest BCUT2D eigenvalue weighted by molar-refractivity contribution is 0.735. The second-order valence-corrected chi connectivity index (χ2v) is 13.8. The minimum Gasteiger partial charge on any atom is -0.266 e. The standard InChI is InChI=1S/C27H35NSi/c1-22(2)29(23(3)4,27-20-12-13-21-28-27)26-19-11-10-18-25(26)17-9-8-16-24-14-6-5-7-15-24/h5-7,10-15,18-23H,8-9,16-17H2,1-4H3. The Morgan fingerprint density at radius 3 is 1.97 bits per heavy atom. The third-order valence-electron chi connectivity index (χ3n) is 6.38. The fourth-order valence-corrected chi connectivity index (χ4v) is 10.9. The number of pyridine rings is 1. The van der Waals surface area contributed by atoms with Crippen LogP contribution in [0.4, 0.5) is 0 Å². The van der Waals surface area contributed by atoms with Crippen LogP contribution in [0.2, 0.25) is 11.1 Å². The lowest BCUT2D eigenvalue weighted by Gasteiger charge is -2.40. The summed E-state index contributed by atoms with van der Waals surface area (Å²) in [6.45, 7) is 9.64. The van der Waals surface area contributed by atoms with Crippen LogP contribution >= 0.6 is 0 Å².